The fourth-order valence-corrected chi connectivity index (χ4v) is 1.82. The predicted molar refractivity (Wildman–Crippen MR) is 57.2 cm³/mol. The number of nitrogens with zero attached hydrogens (tertiary/aromatic N) is 1. The summed E-state index contributed by atoms with van der Waals surface area (Å²) < 4.78 is 0. The Morgan fingerprint density at radius 2 is 1.87 bits per heavy atom. The Labute approximate surface area is 90.2 Å². The molecule has 1 amide bonds. The third-order valence-corrected chi connectivity index (χ3v) is 3.12. The third-order valence-electron chi connectivity index (χ3n) is 3.12. The van der Waals surface area contributed by atoms with Gasteiger partial charge in [-0.05, 0) is 25.8 Å². The Morgan fingerprint density at radius 1 is 1.33 bits per heavy atom. The Morgan fingerprint density at radius 3 is 2.27 bits per heavy atom. The van der Waals surface area contributed by atoms with Crippen molar-refractivity contribution >= 4 is 5.91 Å². The van der Waals surface area contributed by atoms with Gasteiger partial charge in [0.2, 0.25) is 5.91 Å². The number of carbonyl (C=O) groups excluding carboxylic acids is 1. The number of allylic oxidation sites excluding steroid dienone is 1. The van der Waals surface area contributed by atoms with E-state index < -0.39 is 0 Å². The highest BCUT2D eigenvalue weighted by Crippen LogP contribution is 2.30. The first-order valence-corrected chi connectivity index (χ1v) is 5.31. The smallest absolute Gasteiger partial charge is 0.246 e. The first kappa shape index (κ1) is 12.2. The van der Waals surface area contributed by atoms with Crippen LogP contribution in [0.2, 0.25) is 0 Å². The van der Waals surface area contributed by atoms with E-state index in [1.807, 2.05) is 6.92 Å². The number of carbonyl (C=O) groups is 1. The van der Waals surface area contributed by atoms with Gasteiger partial charge in [0.15, 0.2) is 0 Å². The molecule has 0 aromatic heterocycles. The molecule has 0 radical (unpaired) electrons. The van der Waals surface area contributed by atoms with Gasteiger partial charge in [-0.3, -0.25) is 4.79 Å². The minimum Gasteiger partial charge on any atom is -0.396 e. The van der Waals surface area contributed by atoms with Crippen LogP contribution in [-0.2, 0) is 4.79 Å². The molecule has 0 spiro atoms. The van der Waals surface area contributed by atoms with Crippen molar-refractivity contribution in [3.8, 4) is 0 Å². The van der Waals surface area contributed by atoms with Gasteiger partial charge in [0.05, 0.1) is 13.2 Å². The predicted octanol–water partition coefficient (Wildman–Crippen LogP) is 0.156. The summed E-state index contributed by atoms with van der Waals surface area (Å²) in [6.07, 6.45) is 4.61. The molecule has 0 saturated carbocycles. The number of aliphatic hydroxyl groups is 2. The summed E-state index contributed by atoms with van der Waals surface area (Å²) >= 11 is 0. The highest BCUT2D eigenvalue weighted by Gasteiger charge is 2.34. The SMILES string of the molecule is C/C=C/C(=O)N1CCC(CO)(CO)CC1. The van der Waals surface area contributed by atoms with Crippen LogP contribution in [0.5, 0.6) is 0 Å². The van der Waals surface area contributed by atoms with Crippen LogP contribution in [0.1, 0.15) is 19.8 Å². The van der Waals surface area contributed by atoms with E-state index in [4.69, 9.17) is 0 Å². The molecule has 1 aliphatic rings. The molecule has 0 aromatic carbocycles. The van der Waals surface area contributed by atoms with Gasteiger partial charge in [-0.15, -0.1) is 0 Å². The molecule has 1 fully saturated rings. The molecule has 4 heteroatoms. The molecule has 2 N–H and O–H groups in total. The minimum atomic E-state index is -0.382. The van der Waals surface area contributed by atoms with E-state index in [9.17, 15) is 15.0 Å². The van der Waals surface area contributed by atoms with Crippen molar-refractivity contribution in [3.63, 3.8) is 0 Å². The van der Waals surface area contributed by atoms with Gasteiger partial charge in [-0.2, -0.15) is 0 Å². The van der Waals surface area contributed by atoms with Crippen molar-refractivity contribution in [2.45, 2.75) is 19.8 Å². The van der Waals surface area contributed by atoms with E-state index in [-0.39, 0.29) is 24.5 Å². The van der Waals surface area contributed by atoms with E-state index in [2.05, 4.69) is 0 Å². The lowest BCUT2D eigenvalue weighted by atomic mass is 9.80. The Balaban J connectivity index is 2.51. The molecule has 1 rings (SSSR count). The van der Waals surface area contributed by atoms with Crippen LogP contribution in [0.3, 0.4) is 0 Å². The van der Waals surface area contributed by atoms with Crippen LogP contribution >= 0.6 is 0 Å². The standard InChI is InChI=1S/C11H19NO3/c1-2-3-10(15)12-6-4-11(8-13,9-14)5-7-12/h2-3,13-14H,4-9H2,1H3/b3-2+. The van der Waals surface area contributed by atoms with Gasteiger partial charge in [0.25, 0.3) is 0 Å². The largest absolute Gasteiger partial charge is 0.396 e. The molecule has 1 saturated heterocycles. The number of hydrogen-bond donors (Lipinski definition) is 2. The zero-order valence-corrected chi connectivity index (χ0v) is 9.15. The van der Waals surface area contributed by atoms with Crippen molar-refractivity contribution in [3.05, 3.63) is 12.2 Å². The first-order chi connectivity index (χ1) is 7.17. The monoisotopic (exact) mass is 213 g/mol. The Kier molecular flexibility index (Phi) is 4.29. The Hall–Kier alpha value is -0.870. The van der Waals surface area contributed by atoms with E-state index >= 15 is 0 Å². The van der Waals surface area contributed by atoms with Gasteiger partial charge in [-0.25, -0.2) is 0 Å². The fraction of sp³-hybridized carbons (Fsp3) is 0.727. The van der Waals surface area contributed by atoms with Crippen LogP contribution < -0.4 is 0 Å². The van der Waals surface area contributed by atoms with Crippen LogP contribution in [0, 0.1) is 5.41 Å². The molecule has 1 aliphatic heterocycles. The fourth-order valence-electron chi connectivity index (χ4n) is 1.82. The van der Waals surface area contributed by atoms with Gasteiger partial charge in [0.1, 0.15) is 0 Å². The molecule has 15 heavy (non-hydrogen) atoms. The molecule has 0 unspecified atom stereocenters. The average molecular weight is 213 g/mol. The molecule has 0 bridgehead atoms. The number of likely N-dealkylation sites (tertiary alicyclic amines) is 1. The topological polar surface area (TPSA) is 60.8 Å². The maximum absolute atomic E-state index is 11.5. The van der Waals surface area contributed by atoms with Gasteiger partial charge >= 0.3 is 0 Å². The molecule has 4 nitrogen and oxygen atoms in total. The lowest BCUT2D eigenvalue weighted by Gasteiger charge is -2.39. The van der Waals surface area contributed by atoms with Crippen molar-refractivity contribution in [2.75, 3.05) is 26.3 Å². The second-order valence-corrected chi connectivity index (χ2v) is 4.14. The highest BCUT2D eigenvalue weighted by molar-refractivity contribution is 5.87. The maximum atomic E-state index is 11.5. The summed E-state index contributed by atoms with van der Waals surface area (Å²) in [5.41, 5.74) is -0.382. The molecule has 0 atom stereocenters. The van der Waals surface area contributed by atoms with Crippen molar-refractivity contribution < 1.29 is 15.0 Å². The summed E-state index contributed by atoms with van der Waals surface area (Å²) in [5, 5.41) is 18.4. The van der Waals surface area contributed by atoms with Crippen molar-refractivity contribution in [1.29, 1.82) is 0 Å². The first-order valence-electron chi connectivity index (χ1n) is 5.31. The van der Waals surface area contributed by atoms with E-state index in [0.717, 1.165) is 0 Å². The van der Waals surface area contributed by atoms with Crippen LogP contribution in [-0.4, -0.2) is 47.3 Å². The zero-order chi connectivity index (χ0) is 11.3. The molecular formula is C11H19NO3. The summed E-state index contributed by atoms with van der Waals surface area (Å²) in [5.74, 6) is 0.0157. The maximum Gasteiger partial charge on any atom is 0.246 e. The number of rotatable bonds is 3. The number of amides is 1. The lowest BCUT2D eigenvalue weighted by molar-refractivity contribution is -0.129. The van der Waals surface area contributed by atoms with Crippen LogP contribution in [0.4, 0.5) is 0 Å². The number of piperidine rings is 1. The number of aliphatic hydroxyl groups excluding tert-OH is 2. The third kappa shape index (κ3) is 2.79. The summed E-state index contributed by atoms with van der Waals surface area (Å²) in [6.45, 7) is 3.03. The second kappa shape index (κ2) is 5.28. The average Bonchev–Trinajstić information content (AvgIpc) is 2.29. The highest BCUT2D eigenvalue weighted by atomic mass is 16.3. The lowest BCUT2D eigenvalue weighted by Crippen LogP contribution is -2.45. The minimum absolute atomic E-state index is 0.00481. The molecule has 0 aliphatic carbocycles. The van der Waals surface area contributed by atoms with Gasteiger partial charge < -0.3 is 15.1 Å². The van der Waals surface area contributed by atoms with Crippen LogP contribution in [0.15, 0.2) is 12.2 Å². The number of hydrogen-bond acceptors (Lipinski definition) is 3. The van der Waals surface area contributed by atoms with E-state index in [1.54, 1.807) is 17.1 Å². The van der Waals surface area contributed by atoms with Crippen molar-refractivity contribution in [2.24, 2.45) is 5.41 Å². The van der Waals surface area contributed by atoms with E-state index in [1.165, 1.54) is 0 Å². The summed E-state index contributed by atoms with van der Waals surface area (Å²) in [4.78, 5) is 13.3. The normalized spacial score (nSPS) is 20.9. The summed E-state index contributed by atoms with van der Waals surface area (Å²) in [6, 6.07) is 0. The van der Waals surface area contributed by atoms with Gasteiger partial charge in [0, 0.05) is 18.5 Å². The summed E-state index contributed by atoms with van der Waals surface area (Å²) in [7, 11) is 0. The second-order valence-electron chi connectivity index (χ2n) is 4.14. The quantitative estimate of drug-likeness (QED) is 0.656. The molecular weight excluding hydrogens is 194 g/mol. The van der Waals surface area contributed by atoms with Crippen molar-refractivity contribution in [1.82, 2.24) is 4.90 Å². The zero-order valence-electron chi connectivity index (χ0n) is 9.15. The molecule has 1 heterocycles. The van der Waals surface area contributed by atoms with E-state index in [0.29, 0.717) is 25.9 Å². The molecule has 0 aromatic rings. The van der Waals surface area contributed by atoms with Gasteiger partial charge in [-0.1, -0.05) is 6.08 Å². The Bertz CT molecular complexity index is 236. The molecule has 86 valence electrons. The van der Waals surface area contributed by atoms with Crippen LogP contribution in [0.25, 0.3) is 0 Å².